The highest BCUT2D eigenvalue weighted by atomic mass is 16.3. The molecule has 3 rings (SSSR count). The van der Waals surface area contributed by atoms with Gasteiger partial charge in [0.2, 0.25) is 0 Å². The number of phenols is 1. The smallest absolute Gasteiger partial charge is 0.123 e. The fourth-order valence-electron chi connectivity index (χ4n) is 2.66. The lowest BCUT2D eigenvalue weighted by Crippen LogP contribution is -2.11. The maximum Gasteiger partial charge on any atom is 0.123 e. The maximum atomic E-state index is 9.95. The molecule has 0 unspecified atom stereocenters. The molecule has 1 heterocycles. The van der Waals surface area contributed by atoms with Gasteiger partial charge in [0, 0.05) is 29.8 Å². The Morgan fingerprint density at radius 3 is 2.62 bits per heavy atom. The molecule has 3 N–H and O–H groups in total. The van der Waals surface area contributed by atoms with Crippen LogP contribution < -0.4 is 10.7 Å². The molecule has 0 aromatic heterocycles. The first kappa shape index (κ1) is 13.5. The Morgan fingerprint density at radius 1 is 1.19 bits per heavy atom. The second kappa shape index (κ2) is 5.13. The van der Waals surface area contributed by atoms with Crippen LogP contribution in [-0.2, 0) is 0 Å². The van der Waals surface area contributed by atoms with Gasteiger partial charge in [0.1, 0.15) is 5.75 Å². The standard InChI is InChI=1S/C17H19N3O/c1-11-10-14(16(18)12(2)17(11)21)15-8-9-20(19-15)13-6-4-3-5-7-13/h3-7,10,21H,8-9,18H2,1-2H3. The Balaban J connectivity index is 1.99. The van der Waals surface area contributed by atoms with Crippen LogP contribution in [0.15, 0.2) is 41.5 Å². The summed E-state index contributed by atoms with van der Waals surface area (Å²) in [5.41, 5.74) is 11.3. The summed E-state index contributed by atoms with van der Waals surface area (Å²) in [5, 5.41) is 16.6. The van der Waals surface area contributed by atoms with Crippen molar-refractivity contribution >= 4 is 17.1 Å². The first-order valence-electron chi connectivity index (χ1n) is 7.07. The summed E-state index contributed by atoms with van der Waals surface area (Å²) in [6.45, 7) is 4.57. The van der Waals surface area contributed by atoms with Crippen molar-refractivity contribution < 1.29 is 5.11 Å². The number of hydrogen-bond donors (Lipinski definition) is 2. The number of nitrogens with zero attached hydrogens (tertiary/aromatic N) is 2. The molecule has 108 valence electrons. The average molecular weight is 281 g/mol. The van der Waals surface area contributed by atoms with Gasteiger partial charge in [0.25, 0.3) is 0 Å². The number of rotatable bonds is 2. The third kappa shape index (κ3) is 2.33. The zero-order valence-electron chi connectivity index (χ0n) is 12.3. The van der Waals surface area contributed by atoms with Crippen molar-refractivity contribution in [2.24, 2.45) is 5.10 Å². The lowest BCUT2D eigenvalue weighted by molar-refractivity contribution is 0.467. The molecular formula is C17H19N3O. The highest BCUT2D eigenvalue weighted by molar-refractivity contribution is 6.07. The van der Waals surface area contributed by atoms with Gasteiger partial charge in [0.15, 0.2) is 0 Å². The van der Waals surface area contributed by atoms with Crippen molar-refractivity contribution in [2.45, 2.75) is 20.3 Å². The number of hydrazone groups is 1. The monoisotopic (exact) mass is 281 g/mol. The van der Waals surface area contributed by atoms with Gasteiger partial charge in [-0.05, 0) is 37.6 Å². The predicted octanol–water partition coefficient (Wildman–Crippen LogP) is 3.21. The van der Waals surface area contributed by atoms with E-state index in [1.54, 1.807) is 0 Å². The molecule has 4 heteroatoms. The van der Waals surface area contributed by atoms with E-state index < -0.39 is 0 Å². The number of hydrogen-bond acceptors (Lipinski definition) is 4. The molecular weight excluding hydrogens is 262 g/mol. The minimum absolute atomic E-state index is 0.273. The van der Waals surface area contributed by atoms with Gasteiger partial charge in [-0.25, -0.2) is 0 Å². The van der Waals surface area contributed by atoms with Crippen molar-refractivity contribution in [3.63, 3.8) is 0 Å². The van der Waals surface area contributed by atoms with Crippen molar-refractivity contribution in [2.75, 3.05) is 17.3 Å². The third-order valence-corrected chi connectivity index (χ3v) is 3.95. The van der Waals surface area contributed by atoms with Crippen LogP contribution in [0.4, 0.5) is 11.4 Å². The van der Waals surface area contributed by atoms with Gasteiger partial charge >= 0.3 is 0 Å². The summed E-state index contributed by atoms with van der Waals surface area (Å²) in [6, 6.07) is 12.0. The van der Waals surface area contributed by atoms with Gasteiger partial charge in [0.05, 0.1) is 11.4 Å². The Kier molecular flexibility index (Phi) is 3.29. The van der Waals surface area contributed by atoms with Crippen molar-refractivity contribution in [1.29, 1.82) is 0 Å². The molecule has 1 aliphatic rings. The lowest BCUT2D eigenvalue weighted by Gasteiger charge is -2.13. The molecule has 0 bridgehead atoms. The number of phenolic OH excluding ortho intramolecular Hbond substituents is 1. The van der Waals surface area contributed by atoms with Gasteiger partial charge in [-0.3, -0.25) is 5.01 Å². The number of nitrogen functional groups attached to an aromatic ring is 1. The highest BCUT2D eigenvalue weighted by Crippen LogP contribution is 2.32. The SMILES string of the molecule is Cc1cc(C2=NN(c3ccccc3)CC2)c(N)c(C)c1O. The molecule has 21 heavy (non-hydrogen) atoms. The average Bonchev–Trinajstić information content (AvgIpc) is 2.99. The molecule has 0 aliphatic carbocycles. The first-order valence-corrected chi connectivity index (χ1v) is 7.07. The highest BCUT2D eigenvalue weighted by Gasteiger charge is 2.21. The summed E-state index contributed by atoms with van der Waals surface area (Å²) < 4.78 is 0. The Bertz CT molecular complexity index is 708. The fourth-order valence-corrected chi connectivity index (χ4v) is 2.66. The summed E-state index contributed by atoms with van der Waals surface area (Å²) in [4.78, 5) is 0. The second-order valence-corrected chi connectivity index (χ2v) is 5.38. The minimum Gasteiger partial charge on any atom is -0.507 e. The number of aryl methyl sites for hydroxylation is 1. The second-order valence-electron chi connectivity index (χ2n) is 5.38. The first-order chi connectivity index (χ1) is 10.1. The minimum atomic E-state index is 0.273. The zero-order valence-corrected chi connectivity index (χ0v) is 12.3. The van der Waals surface area contributed by atoms with E-state index in [1.165, 1.54) is 0 Å². The Hall–Kier alpha value is -2.49. The number of aromatic hydroxyl groups is 1. The summed E-state index contributed by atoms with van der Waals surface area (Å²) in [5.74, 6) is 0.273. The van der Waals surface area contributed by atoms with Crippen LogP contribution in [0.3, 0.4) is 0 Å². The molecule has 1 aliphatic heterocycles. The quantitative estimate of drug-likeness (QED) is 0.831. The van der Waals surface area contributed by atoms with Crippen LogP contribution in [0, 0.1) is 13.8 Å². The number of anilines is 2. The number of para-hydroxylation sites is 1. The molecule has 0 saturated carbocycles. The van der Waals surface area contributed by atoms with E-state index >= 15 is 0 Å². The molecule has 0 saturated heterocycles. The van der Waals surface area contributed by atoms with Crippen molar-refractivity contribution in [3.05, 3.63) is 53.1 Å². The van der Waals surface area contributed by atoms with Crippen LogP contribution in [0.1, 0.15) is 23.1 Å². The zero-order chi connectivity index (χ0) is 15.0. The predicted molar refractivity (Wildman–Crippen MR) is 86.9 cm³/mol. The van der Waals surface area contributed by atoms with E-state index in [0.717, 1.165) is 41.1 Å². The largest absolute Gasteiger partial charge is 0.507 e. The third-order valence-electron chi connectivity index (χ3n) is 3.95. The van der Waals surface area contributed by atoms with Gasteiger partial charge in [-0.1, -0.05) is 18.2 Å². The number of benzene rings is 2. The van der Waals surface area contributed by atoms with Gasteiger partial charge in [-0.2, -0.15) is 5.10 Å². The fraction of sp³-hybridized carbons (Fsp3) is 0.235. The van der Waals surface area contributed by atoms with E-state index in [9.17, 15) is 5.11 Å². The van der Waals surface area contributed by atoms with Crippen LogP contribution in [-0.4, -0.2) is 17.4 Å². The van der Waals surface area contributed by atoms with Crippen LogP contribution in [0.5, 0.6) is 5.75 Å². The summed E-state index contributed by atoms with van der Waals surface area (Å²) in [7, 11) is 0. The summed E-state index contributed by atoms with van der Waals surface area (Å²) >= 11 is 0. The normalized spacial score (nSPS) is 14.4. The summed E-state index contributed by atoms with van der Waals surface area (Å²) in [6.07, 6.45) is 0.850. The van der Waals surface area contributed by atoms with Crippen LogP contribution in [0.25, 0.3) is 0 Å². The van der Waals surface area contributed by atoms with E-state index in [-0.39, 0.29) is 5.75 Å². The molecule has 0 radical (unpaired) electrons. The Labute approximate surface area is 124 Å². The van der Waals surface area contributed by atoms with Gasteiger partial charge in [-0.15, -0.1) is 0 Å². The van der Waals surface area contributed by atoms with E-state index in [4.69, 9.17) is 5.73 Å². The maximum absolute atomic E-state index is 9.95. The Morgan fingerprint density at radius 2 is 1.90 bits per heavy atom. The van der Waals surface area contributed by atoms with E-state index in [1.807, 2.05) is 55.3 Å². The molecule has 0 amide bonds. The molecule has 0 spiro atoms. The van der Waals surface area contributed by atoms with Crippen LogP contribution in [0.2, 0.25) is 0 Å². The van der Waals surface area contributed by atoms with Crippen molar-refractivity contribution in [1.82, 2.24) is 0 Å². The van der Waals surface area contributed by atoms with Crippen LogP contribution >= 0.6 is 0 Å². The molecule has 4 nitrogen and oxygen atoms in total. The molecule has 0 fully saturated rings. The number of nitrogens with two attached hydrogens (primary N) is 1. The lowest BCUT2D eigenvalue weighted by atomic mass is 9.98. The van der Waals surface area contributed by atoms with E-state index in [2.05, 4.69) is 5.10 Å². The van der Waals surface area contributed by atoms with E-state index in [0.29, 0.717) is 5.69 Å². The van der Waals surface area contributed by atoms with Gasteiger partial charge < -0.3 is 10.8 Å². The topological polar surface area (TPSA) is 61.8 Å². The van der Waals surface area contributed by atoms with Crippen molar-refractivity contribution in [3.8, 4) is 5.75 Å². The molecule has 2 aromatic rings. The molecule has 0 atom stereocenters. The molecule has 2 aromatic carbocycles.